The van der Waals surface area contributed by atoms with Crippen molar-refractivity contribution >= 4 is 29.9 Å². The summed E-state index contributed by atoms with van der Waals surface area (Å²) in [4.78, 5) is 28.3. The fourth-order valence-corrected chi connectivity index (χ4v) is 2.79. The van der Waals surface area contributed by atoms with Gasteiger partial charge >= 0.3 is 0 Å². The minimum Gasteiger partial charge on any atom is -0.331 e. The summed E-state index contributed by atoms with van der Waals surface area (Å²) in [7, 11) is 0. The first kappa shape index (κ1) is 18.5. The molecule has 1 aromatic rings. The molecule has 1 aliphatic rings. The third-order valence-electron chi connectivity index (χ3n) is 3.88. The van der Waals surface area contributed by atoms with Gasteiger partial charge in [0, 0.05) is 25.2 Å². The second-order valence-electron chi connectivity index (χ2n) is 5.20. The smallest absolute Gasteiger partial charge is 0.249 e. The molecular weight excluding hydrogens is 302 g/mol. The molecule has 0 bridgehead atoms. The van der Waals surface area contributed by atoms with Gasteiger partial charge in [0.25, 0.3) is 0 Å². The number of rotatable bonds is 6. The van der Waals surface area contributed by atoms with E-state index >= 15 is 0 Å². The molecular formula is C16H24ClN3O2. The number of benzene rings is 1. The summed E-state index contributed by atoms with van der Waals surface area (Å²) in [6.07, 6.45) is 1.77. The summed E-state index contributed by atoms with van der Waals surface area (Å²) < 4.78 is 0. The van der Waals surface area contributed by atoms with E-state index < -0.39 is 0 Å². The van der Waals surface area contributed by atoms with Crippen LogP contribution in [0.1, 0.15) is 26.2 Å². The molecule has 1 aliphatic heterocycles. The minimum atomic E-state index is -0.333. The molecule has 5 nitrogen and oxygen atoms in total. The Kier molecular flexibility index (Phi) is 7.35. The molecule has 122 valence electrons. The summed E-state index contributed by atoms with van der Waals surface area (Å²) in [5.41, 5.74) is 6.35. The van der Waals surface area contributed by atoms with Gasteiger partial charge in [0.05, 0.1) is 0 Å². The van der Waals surface area contributed by atoms with Crippen molar-refractivity contribution in [3.05, 3.63) is 30.3 Å². The van der Waals surface area contributed by atoms with Gasteiger partial charge in [-0.2, -0.15) is 0 Å². The lowest BCUT2D eigenvalue weighted by Gasteiger charge is -2.27. The average Bonchev–Trinajstić information content (AvgIpc) is 2.89. The molecule has 2 rings (SSSR count). The molecule has 1 heterocycles. The Morgan fingerprint density at radius 3 is 2.64 bits per heavy atom. The van der Waals surface area contributed by atoms with Crippen molar-refractivity contribution < 1.29 is 9.59 Å². The van der Waals surface area contributed by atoms with Gasteiger partial charge in [0.15, 0.2) is 0 Å². The highest BCUT2D eigenvalue weighted by molar-refractivity contribution is 6.01. The molecule has 0 aromatic heterocycles. The van der Waals surface area contributed by atoms with Gasteiger partial charge in [-0.15, -0.1) is 12.4 Å². The van der Waals surface area contributed by atoms with E-state index in [4.69, 9.17) is 5.73 Å². The first-order chi connectivity index (χ1) is 10.2. The fourth-order valence-electron chi connectivity index (χ4n) is 2.79. The highest BCUT2D eigenvalue weighted by Gasteiger charge is 2.37. The fraction of sp³-hybridized carbons (Fsp3) is 0.500. The summed E-state index contributed by atoms with van der Waals surface area (Å²) in [6.45, 7) is 3.63. The molecule has 1 fully saturated rings. The molecule has 0 saturated carbocycles. The Hall–Kier alpha value is -1.59. The van der Waals surface area contributed by atoms with Crippen molar-refractivity contribution in [3.8, 4) is 0 Å². The van der Waals surface area contributed by atoms with Crippen molar-refractivity contribution in [1.82, 2.24) is 4.90 Å². The number of carbonyl (C=O) groups is 2. The van der Waals surface area contributed by atoms with Crippen molar-refractivity contribution in [3.63, 3.8) is 0 Å². The number of para-hydroxylation sites is 1. The Labute approximate surface area is 137 Å². The van der Waals surface area contributed by atoms with Crippen LogP contribution in [0.3, 0.4) is 0 Å². The molecule has 2 amide bonds. The Balaban J connectivity index is 0.00000242. The highest BCUT2D eigenvalue weighted by Crippen LogP contribution is 2.24. The van der Waals surface area contributed by atoms with E-state index in [1.54, 1.807) is 9.80 Å². The Morgan fingerprint density at radius 1 is 1.36 bits per heavy atom. The third-order valence-corrected chi connectivity index (χ3v) is 3.88. The van der Waals surface area contributed by atoms with E-state index in [0.29, 0.717) is 38.9 Å². The number of likely N-dealkylation sites (N-methyl/N-ethyl adjacent to an activating group) is 1. The van der Waals surface area contributed by atoms with Crippen LogP contribution in [0, 0.1) is 0 Å². The van der Waals surface area contributed by atoms with E-state index in [9.17, 15) is 9.59 Å². The molecule has 1 atom stereocenters. The number of nitrogens with zero attached hydrogens (tertiary/aromatic N) is 2. The molecule has 1 unspecified atom stereocenters. The second-order valence-corrected chi connectivity index (χ2v) is 5.20. The summed E-state index contributed by atoms with van der Waals surface area (Å²) in [6, 6.07) is 9.27. The number of amides is 2. The number of carbonyl (C=O) groups excluding carboxylic acids is 2. The van der Waals surface area contributed by atoms with E-state index in [1.807, 2.05) is 37.3 Å². The number of hydrogen-bond donors (Lipinski definition) is 1. The molecule has 6 heteroatoms. The molecule has 2 N–H and O–H groups in total. The topological polar surface area (TPSA) is 66.6 Å². The zero-order valence-electron chi connectivity index (χ0n) is 12.9. The maximum atomic E-state index is 12.6. The van der Waals surface area contributed by atoms with Crippen LogP contribution in [0.4, 0.5) is 5.69 Å². The Bertz CT molecular complexity index is 495. The standard InChI is InChI=1S/C16H23N3O2.ClH/c1-2-18(15(20)9-6-11-17)14-10-12-19(16(14)21)13-7-4-3-5-8-13;/h3-5,7-8,14H,2,6,9-12,17H2,1H3;1H. The first-order valence-corrected chi connectivity index (χ1v) is 7.55. The van der Waals surface area contributed by atoms with Crippen LogP contribution in [0.25, 0.3) is 0 Å². The SMILES string of the molecule is CCN(C(=O)CCCN)C1CCN(c2ccccc2)C1=O.Cl. The predicted octanol–water partition coefficient (Wildman–Crippen LogP) is 1.80. The van der Waals surface area contributed by atoms with Crippen LogP contribution in [0.5, 0.6) is 0 Å². The first-order valence-electron chi connectivity index (χ1n) is 7.55. The van der Waals surface area contributed by atoms with Crippen molar-refractivity contribution in [2.75, 3.05) is 24.5 Å². The summed E-state index contributed by atoms with van der Waals surface area (Å²) in [5.74, 6) is 0.0420. The van der Waals surface area contributed by atoms with Crippen molar-refractivity contribution in [1.29, 1.82) is 0 Å². The van der Waals surface area contributed by atoms with Crippen LogP contribution in [-0.4, -0.2) is 42.4 Å². The summed E-state index contributed by atoms with van der Waals surface area (Å²) >= 11 is 0. The summed E-state index contributed by atoms with van der Waals surface area (Å²) in [5, 5.41) is 0. The quantitative estimate of drug-likeness (QED) is 0.867. The van der Waals surface area contributed by atoms with E-state index in [1.165, 1.54) is 0 Å². The average molecular weight is 326 g/mol. The van der Waals surface area contributed by atoms with Crippen molar-refractivity contribution in [2.45, 2.75) is 32.2 Å². The van der Waals surface area contributed by atoms with Crippen LogP contribution in [-0.2, 0) is 9.59 Å². The van der Waals surface area contributed by atoms with Crippen LogP contribution in [0.2, 0.25) is 0 Å². The minimum absolute atomic E-state index is 0. The maximum absolute atomic E-state index is 12.6. The lowest BCUT2D eigenvalue weighted by Crippen LogP contribution is -2.45. The van der Waals surface area contributed by atoms with Crippen LogP contribution >= 0.6 is 12.4 Å². The van der Waals surface area contributed by atoms with Gasteiger partial charge in [0.1, 0.15) is 6.04 Å². The predicted molar refractivity (Wildman–Crippen MR) is 90.1 cm³/mol. The lowest BCUT2D eigenvalue weighted by molar-refractivity contribution is -0.138. The number of hydrogen-bond acceptors (Lipinski definition) is 3. The molecule has 1 saturated heterocycles. The van der Waals surface area contributed by atoms with Crippen LogP contribution < -0.4 is 10.6 Å². The zero-order chi connectivity index (χ0) is 15.2. The van der Waals surface area contributed by atoms with Gasteiger partial charge in [0.2, 0.25) is 11.8 Å². The lowest BCUT2D eigenvalue weighted by atomic mass is 10.1. The molecule has 22 heavy (non-hydrogen) atoms. The monoisotopic (exact) mass is 325 g/mol. The number of halogens is 1. The van der Waals surface area contributed by atoms with Gasteiger partial charge in [-0.1, -0.05) is 18.2 Å². The molecule has 0 spiro atoms. The number of nitrogens with two attached hydrogens (primary N) is 1. The van der Waals surface area contributed by atoms with E-state index in [-0.39, 0.29) is 30.3 Å². The maximum Gasteiger partial charge on any atom is 0.249 e. The Morgan fingerprint density at radius 2 is 2.05 bits per heavy atom. The van der Waals surface area contributed by atoms with E-state index in [2.05, 4.69) is 0 Å². The van der Waals surface area contributed by atoms with Gasteiger partial charge in [-0.3, -0.25) is 9.59 Å². The third kappa shape index (κ3) is 3.99. The van der Waals surface area contributed by atoms with Crippen molar-refractivity contribution in [2.24, 2.45) is 5.73 Å². The van der Waals surface area contributed by atoms with Crippen LogP contribution in [0.15, 0.2) is 30.3 Å². The molecule has 0 aliphatic carbocycles. The molecule has 1 aromatic carbocycles. The number of anilines is 1. The van der Waals surface area contributed by atoms with E-state index in [0.717, 1.165) is 5.69 Å². The van der Waals surface area contributed by atoms with Gasteiger partial charge in [-0.05, 0) is 38.4 Å². The molecule has 0 radical (unpaired) electrons. The largest absolute Gasteiger partial charge is 0.331 e. The second kappa shape index (κ2) is 8.76. The normalized spacial score (nSPS) is 17.3. The van der Waals surface area contributed by atoms with Gasteiger partial charge < -0.3 is 15.5 Å². The zero-order valence-corrected chi connectivity index (χ0v) is 13.7. The highest BCUT2D eigenvalue weighted by atomic mass is 35.5. The van der Waals surface area contributed by atoms with Gasteiger partial charge in [-0.25, -0.2) is 0 Å².